The van der Waals surface area contributed by atoms with Crippen molar-refractivity contribution in [2.45, 2.75) is 19.3 Å². The van der Waals surface area contributed by atoms with E-state index in [4.69, 9.17) is 23.8 Å². The summed E-state index contributed by atoms with van der Waals surface area (Å²) >= 11 is 14.3. The molecule has 2 amide bonds. The van der Waals surface area contributed by atoms with Crippen LogP contribution < -0.4 is 5.32 Å². The van der Waals surface area contributed by atoms with Crippen molar-refractivity contribution in [2.75, 3.05) is 11.9 Å². The number of carbonyl (C=O) groups is 2. The number of nitrogens with zero attached hydrogens (tertiary/aromatic N) is 2. The summed E-state index contributed by atoms with van der Waals surface area (Å²) in [6.07, 6.45) is 8.75. The molecular weight excluding hydrogens is 518 g/mol. The minimum absolute atomic E-state index is 0.123. The maximum Gasteiger partial charge on any atom is 0.266 e. The second kappa shape index (κ2) is 12.3. The topological polar surface area (TPSA) is 62.3 Å². The molecule has 9 heteroatoms. The Labute approximate surface area is 222 Å². The van der Waals surface area contributed by atoms with Gasteiger partial charge in [0.05, 0.1) is 4.91 Å². The Balaban J connectivity index is 1.23. The van der Waals surface area contributed by atoms with Gasteiger partial charge in [-0.15, -0.1) is 11.3 Å². The molecule has 2 heterocycles. The van der Waals surface area contributed by atoms with Gasteiger partial charge in [0.1, 0.15) is 4.32 Å². The van der Waals surface area contributed by atoms with Gasteiger partial charge >= 0.3 is 0 Å². The van der Waals surface area contributed by atoms with Crippen LogP contribution in [0, 0.1) is 0 Å². The Hall–Kier alpha value is -2.78. The van der Waals surface area contributed by atoms with E-state index in [1.165, 1.54) is 23.1 Å². The predicted molar refractivity (Wildman–Crippen MR) is 150 cm³/mol. The zero-order valence-corrected chi connectivity index (χ0v) is 21.9. The first-order valence-corrected chi connectivity index (χ1v) is 13.4. The van der Waals surface area contributed by atoms with E-state index in [1.807, 2.05) is 66.7 Å². The molecule has 178 valence electrons. The van der Waals surface area contributed by atoms with Crippen molar-refractivity contribution in [1.29, 1.82) is 0 Å². The summed E-state index contributed by atoms with van der Waals surface area (Å²) in [5.41, 5.74) is 2.07. The van der Waals surface area contributed by atoms with Crippen LogP contribution in [0.1, 0.15) is 28.8 Å². The molecular formula is C26H22ClN3O2S3. The zero-order chi connectivity index (χ0) is 24.6. The number of benzene rings is 2. The van der Waals surface area contributed by atoms with E-state index in [2.05, 4.69) is 10.3 Å². The predicted octanol–water partition coefficient (Wildman–Crippen LogP) is 6.56. The lowest BCUT2D eigenvalue weighted by atomic mass is 10.1. The van der Waals surface area contributed by atoms with Crippen LogP contribution in [0.4, 0.5) is 5.13 Å². The Morgan fingerprint density at radius 3 is 2.71 bits per heavy atom. The van der Waals surface area contributed by atoms with Crippen molar-refractivity contribution in [2.24, 2.45) is 0 Å². The van der Waals surface area contributed by atoms with Gasteiger partial charge in [-0.05, 0) is 29.7 Å². The summed E-state index contributed by atoms with van der Waals surface area (Å²) in [6.45, 7) is 0.396. The molecule has 2 aromatic carbocycles. The zero-order valence-electron chi connectivity index (χ0n) is 18.6. The summed E-state index contributed by atoms with van der Waals surface area (Å²) < 4.78 is 0.513. The number of thioether (sulfide) groups is 1. The van der Waals surface area contributed by atoms with Crippen LogP contribution in [0.25, 0.3) is 6.08 Å². The summed E-state index contributed by atoms with van der Waals surface area (Å²) in [6, 6.07) is 17.5. The first-order valence-electron chi connectivity index (χ1n) is 10.9. The van der Waals surface area contributed by atoms with Gasteiger partial charge in [-0.1, -0.05) is 96.3 Å². The van der Waals surface area contributed by atoms with Gasteiger partial charge in [-0.25, -0.2) is 4.98 Å². The van der Waals surface area contributed by atoms with Gasteiger partial charge in [-0.2, -0.15) is 0 Å². The van der Waals surface area contributed by atoms with Crippen LogP contribution in [0.2, 0.25) is 5.02 Å². The van der Waals surface area contributed by atoms with E-state index in [0.29, 0.717) is 38.8 Å². The SMILES string of the molecule is O=C(CCCN1C(=O)C(=CC=Cc2ccccc2)SC1=S)Nc1ncc(Cc2ccccc2Cl)s1. The van der Waals surface area contributed by atoms with Crippen LogP contribution in [-0.2, 0) is 16.0 Å². The third-order valence-corrected chi connectivity index (χ3v) is 7.79. The Kier molecular flexibility index (Phi) is 8.87. The maximum atomic E-state index is 12.7. The van der Waals surface area contributed by atoms with Crippen molar-refractivity contribution in [3.05, 3.63) is 98.9 Å². The molecule has 3 aromatic rings. The van der Waals surface area contributed by atoms with Gasteiger partial charge in [-0.3, -0.25) is 14.5 Å². The van der Waals surface area contributed by atoms with E-state index in [0.717, 1.165) is 16.0 Å². The van der Waals surface area contributed by atoms with Crippen molar-refractivity contribution in [1.82, 2.24) is 9.88 Å². The molecule has 0 atom stereocenters. The smallest absolute Gasteiger partial charge is 0.266 e. The van der Waals surface area contributed by atoms with Crippen LogP contribution >= 0.6 is 46.9 Å². The molecule has 35 heavy (non-hydrogen) atoms. The number of rotatable bonds is 9. The minimum atomic E-state index is -0.143. The van der Waals surface area contributed by atoms with E-state index in [1.54, 1.807) is 17.2 Å². The number of amides is 2. The molecule has 1 aliphatic heterocycles. The third kappa shape index (κ3) is 7.11. The molecule has 0 saturated carbocycles. The molecule has 1 aliphatic rings. The monoisotopic (exact) mass is 539 g/mol. The molecule has 4 rings (SSSR count). The number of hydrogen-bond donors (Lipinski definition) is 1. The molecule has 0 radical (unpaired) electrons. The fourth-order valence-corrected chi connectivity index (χ4v) is 5.69. The first-order chi connectivity index (χ1) is 17.0. The van der Waals surface area contributed by atoms with Crippen LogP contribution in [0.15, 0.2) is 77.9 Å². The van der Waals surface area contributed by atoms with Gasteiger partial charge in [0.25, 0.3) is 5.91 Å². The normalized spacial score (nSPS) is 14.9. The van der Waals surface area contributed by atoms with Crippen molar-refractivity contribution < 1.29 is 9.59 Å². The van der Waals surface area contributed by atoms with Crippen molar-refractivity contribution >= 4 is 74.3 Å². The minimum Gasteiger partial charge on any atom is -0.302 e. The highest BCUT2D eigenvalue weighted by Crippen LogP contribution is 2.31. The molecule has 0 unspecified atom stereocenters. The number of allylic oxidation sites excluding steroid dienone is 2. The number of aromatic nitrogens is 1. The summed E-state index contributed by atoms with van der Waals surface area (Å²) in [4.78, 5) is 32.5. The highest BCUT2D eigenvalue weighted by Gasteiger charge is 2.31. The largest absolute Gasteiger partial charge is 0.302 e. The number of anilines is 1. The molecule has 0 bridgehead atoms. The molecule has 1 saturated heterocycles. The fourth-order valence-electron chi connectivity index (χ4n) is 3.37. The Morgan fingerprint density at radius 2 is 1.91 bits per heavy atom. The van der Waals surface area contributed by atoms with Crippen molar-refractivity contribution in [3.63, 3.8) is 0 Å². The maximum absolute atomic E-state index is 12.7. The molecule has 0 spiro atoms. The van der Waals surface area contributed by atoms with Crippen molar-refractivity contribution in [3.8, 4) is 0 Å². The summed E-state index contributed by atoms with van der Waals surface area (Å²) in [5.74, 6) is -0.266. The lowest BCUT2D eigenvalue weighted by Gasteiger charge is -2.13. The third-order valence-electron chi connectivity index (χ3n) is 5.12. The van der Waals surface area contributed by atoms with Gasteiger partial charge in [0.2, 0.25) is 5.91 Å². The van der Waals surface area contributed by atoms with Crippen LogP contribution in [-0.4, -0.2) is 32.6 Å². The molecule has 0 aliphatic carbocycles. The highest BCUT2D eigenvalue weighted by molar-refractivity contribution is 8.26. The summed E-state index contributed by atoms with van der Waals surface area (Å²) in [7, 11) is 0. The lowest BCUT2D eigenvalue weighted by molar-refractivity contribution is -0.122. The van der Waals surface area contributed by atoms with Gasteiger partial charge in [0, 0.05) is 35.5 Å². The first kappa shape index (κ1) is 25.3. The molecule has 1 N–H and O–H groups in total. The lowest BCUT2D eigenvalue weighted by Crippen LogP contribution is -2.29. The quantitative estimate of drug-likeness (QED) is 0.246. The van der Waals surface area contributed by atoms with Gasteiger partial charge < -0.3 is 5.32 Å². The second-order valence-corrected chi connectivity index (χ2v) is 10.9. The van der Waals surface area contributed by atoms with E-state index in [-0.39, 0.29) is 18.2 Å². The van der Waals surface area contributed by atoms with E-state index in [9.17, 15) is 9.59 Å². The standard InChI is InChI=1S/C26H22ClN3O2S3/c27-21-12-5-4-11-19(21)16-20-17-28-25(34-20)29-23(31)14-7-15-30-24(32)22(35-26(30)33)13-6-10-18-8-2-1-3-9-18/h1-6,8-13,17H,7,14-16H2,(H,28,29,31). The van der Waals surface area contributed by atoms with Crippen LogP contribution in [0.5, 0.6) is 0 Å². The van der Waals surface area contributed by atoms with E-state index < -0.39 is 0 Å². The molecule has 1 aromatic heterocycles. The van der Waals surface area contributed by atoms with E-state index >= 15 is 0 Å². The molecule has 1 fully saturated rings. The van der Waals surface area contributed by atoms with Gasteiger partial charge in [0.15, 0.2) is 5.13 Å². The Bertz CT molecular complexity index is 1290. The number of hydrogen-bond acceptors (Lipinski definition) is 6. The number of carbonyl (C=O) groups excluding carboxylic acids is 2. The number of thiocarbonyl (C=S) groups is 1. The Morgan fingerprint density at radius 1 is 1.14 bits per heavy atom. The van der Waals surface area contributed by atoms with Crippen LogP contribution in [0.3, 0.4) is 0 Å². The fraction of sp³-hybridized carbons (Fsp3) is 0.154. The average Bonchev–Trinajstić information content (AvgIpc) is 3.40. The summed E-state index contributed by atoms with van der Waals surface area (Å²) in [5, 5.41) is 4.10. The number of nitrogens with one attached hydrogen (secondary N) is 1. The second-order valence-electron chi connectivity index (χ2n) is 7.68. The number of halogens is 1. The highest BCUT2D eigenvalue weighted by atomic mass is 35.5. The molecule has 5 nitrogen and oxygen atoms in total. The average molecular weight is 540 g/mol. The number of thiazole rings is 1.